The third-order valence-electron chi connectivity index (χ3n) is 4.69. The van der Waals surface area contributed by atoms with Crippen molar-refractivity contribution in [1.82, 2.24) is 4.90 Å². The number of benzene rings is 1. The first kappa shape index (κ1) is 16.9. The number of carbonyl (C=O) groups is 2. The van der Waals surface area contributed by atoms with Crippen molar-refractivity contribution in [2.45, 2.75) is 19.9 Å². The summed E-state index contributed by atoms with van der Waals surface area (Å²) in [4.78, 5) is 29.6. The maximum absolute atomic E-state index is 13.0. The molecule has 2 aromatic rings. The quantitative estimate of drug-likeness (QED) is 0.813. The molecule has 7 heteroatoms. The Labute approximate surface area is 155 Å². The predicted octanol–water partition coefficient (Wildman–Crippen LogP) is 2.71. The Morgan fingerprint density at radius 2 is 1.92 bits per heavy atom. The first-order chi connectivity index (χ1) is 12.5. The van der Waals surface area contributed by atoms with Crippen LogP contribution in [0.5, 0.6) is 11.5 Å². The van der Waals surface area contributed by atoms with Crippen LogP contribution in [0.25, 0.3) is 0 Å². The van der Waals surface area contributed by atoms with Crippen LogP contribution in [0.4, 0.5) is 5.69 Å². The van der Waals surface area contributed by atoms with E-state index in [1.807, 2.05) is 38.1 Å². The van der Waals surface area contributed by atoms with Gasteiger partial charge in [-0.25, -0.2) is 0 Å². The van der Waals surface area contributed by atoms with Gasteiger partial charge in [0.05, 0.1) is 0 Å². The summed E-state index contributed by atoms with van der Waals surface area (Å²) >= 11 is 1.30. The minimum Gasteiger partial charge on any atom is -0.485 e. The highest BCUT2D eigenvalue weighted by molar-refractivity contribution is 7.12. The van der Waals surface area contributed by atoms with E-state index in [-0.39, 0.29) is 24.4 Å². The van der Waals surface area contributed by atoms with E-state index in [2.05, 4.69) is 0 Å². The lowest BCUT2D eigenvalue weighted by Crippen LogP contribution is -2.57. The summed E-state index contributed by atoms with van der Waals surface area (Å²) in [7, 11) is 0. The molecule has 1 fully saturated rings. The van der Waals surface area contributed by atoms with Crippen LogP contribution in [-0.2, 0) is 4.79 Å². The van der Waals surface area contributed by atoms with Gasteiger partial charge >= 0.3 is 0 Å². The summed E-state index contributed by atoms with van der Waals surface area (Å²) in [6.45, 7) is 5.42. The number of aryl methyl sites for hydroxylation is 1. The molecular weight excluding hydrogens is 352 g/mol. The number of thiophene rings is 1. The smallest absolute Gasteiger partial charge is 0.268 e. The Bertz CT molecular complexity index is 846. The molecule has 1 atom stereocenters. The molecule has 0 bridgehead atoms. The van der Waals surface area contributed by atoms with Gasteiger partial charge in [-0.15, -0.1) is 11.3 Å². The number of fused-ring (bicyclic) bond motifs is 1. The zero-order valence-corrected chi connectivity index (χ0v) is 15.5. The van der Waals surface area contributed by atoms with E-state index >= 15 is 0 Å². The average molecular weight is 372 g/mol. The molecule has 0 N–H and O–H groups in total. The van der Waals surface area contributed by atoms with Crippen molar-refractivity contribution in [3.05, 3.63) is 40.1 Å². The normalized spacial score (nSPS) is 19.6. The van der Waals surface area contributed by atoms with Gasteiger partial charge in [0.15, 0.2) is 11.5 Å². The summed E-state index contributed by atoms with van der Waals surface area (Å²) in [5.74, 6) is 0.864. The van der Waals surface area contributed by atoms with E-state index < -0.39 is 0 Å². The lowest BCUT2D eigenvalue weighted by Gasteiger charge is -2.39. The van der Waals surface area contributed by atoms with Crippen LogP contribution in [0.2, 0.25) is 0 Å². The fraction of sp³-hybridized carbons (Fsp3) is 0.368. The minimum absolute atomic E-state index is 0.0570. The van der Waals surface area contributed by atoms with Gasteiger partial charge < -0.3 is 19.3 Å². The van der Waals surface area contributed by atoms with Crippen LogP contribution in [-0.4, -0.2) is 49.1 Å². The molecule has 2 aliphatic heterocycles. The highest BCUT2D eigenvalue weighted by Gasteiger charge is 2.36. The summed E-state index contributed by atoms with van der Waals surface area (Å²) in [5.41, 5.74) is 2.01. The number of hydrogen-bond acceptors (Lipinski definition) is 5. The number of rotatable bonds is 2. The van der Waals surface area contributed by atoms with E-state index in [1.54, 1.807) is 15.2 Å². The number of amides is 2. The Morgan fingerprint density at radius 1 is 1.19 bits per heavy atom. The molecule has 0 aliphatic carbocycles. The standard InChI is InChI=1S/C19H20N2O4S/c1-12-3-5-14(6-4-12)21-9-13(2)20(10-16(21)22)19(23)18-17-15(11-26-18)24-7-8-25-17/h3-6,11,13H,7-10H2,1-2H3/t13-/m0/s1. The molecule has 6 nitrogen and oxygen atoms in total. The van der Waals surface area contributed by atoms with Crippen molar-refractivity contribution < 1.29 is 19.1 Å². The average Bonchev–Trinajstić information content (AvgIpc) is 3.08. The van der Waals surface area contributed by atoms with Gasteiger partial charge in [0, 0.05) is 23.7 Å². The number of carbonyl (C=O) groups excluding carboxylic acids is 2. The molecule has 4 rings (SSSR count). The largest absolute Gasteiger partial charge is 0.485 e. The highest BCUT2D eigenvalue weighted by atomic mass is 32.1. The molecule has 136 valence electrons. The number of anilines is 1. The van der Waals surface area contributed by atoms with Crippen LogP contribution in [0.3, 0.4) is 0 Å². The molecular formula is C19H20N2O4S. The van der Waals surface area contributed by atoms with E-state index in [0.29, 0.717) is 36.1 Å². The van der Waals surface area contributed by atoms with E-state index in [9.17, 15) is 9.59 Å². The van der Waals surface area contributed by atoms with Crippen LogP contribution in [0.15, 0.2) is 29.6 Å². The molecule has 26 heavy (non-hydrogen) atoms. The van der Waals surface area contributed by atoms with Crippen molar-refractivity contribution in [1.29, 1.82) is 0 Å². The van der Waals surface area contributed by atoms with E-state index in [1.165, 1.54) is 11.3 Å². The van der Waals surface area contributed by atoms with Gasteiger partial charge in [-0.2, -0.15) is 0 Å². The van der Waals surface area contributed by atoms with Crippen molar-refractivity contribution in [3.8, 4) is 11.5 Å². The minimum atomic E-state index is -0.175. The molecule has 1 saturated heterocycles. The Hall–Kier alpha value is -2.54. The van der Waals surface area contributed by atoms with Gasteiger partial charge in [-0.3, -0.25) is 9.59 Å². The monoisotopic (exact) mass is 372 g/mol. The third-order valence-corrected chi connectivity index (χ3v) is 5.62. The van der Waals surface area contributed by atoms with Crippen molar-refractivity contribution in [2.75, 3.05) is 31.2 Å². The van der Waals surface area contributed by atoms with Gasteiger partial charge in [0.1, 0.15) is 24.6 Å². The van der Waals surface area contributed by atoms with Crippen LogP contribution >= 0.6 is 11.3 Å². The number of nitrogens with zero attached hydrogens (tertiary/aromatic N) is 2. The van der Waals surface area contributed by atoms with Crippen molar-refractivity contribution in [2.24, 2.45) is 0 Å². The topological polar surface area (TPSA) is 59.1 Å². The van der Waals surface area contributed by atoms with Gasteiger partial charge in [-0.1, -0.05) is 17.7 Å². The second-order valence-corrected chi connectivity index (χ2v) is 7.46. The molecule has 2 aliphatic rings. The van der Waals surface area contributed by atoms with Crippen LogP contribution in [0.1, 0.15) is 22.2 Å². The molecule has 0 saturated carbocycles. The summed E-state index contributed by atoms with van der Waals surface area (Å²) in [6.07, 6.45) is 0. The van der Waals surface area contributed by atoms with Crippen LogP contribution in [0, 0.1) is 6.92 Å². The number of ether oxygens (including phenoxy) is 2. The number of hydrogen-bond donors (Lipinski definition) is 0. The second-order valence-electron chi connectivity index (χ2n) is 6.58. The maximum Gasteiger partial charge on any atom is 0.268 e. The SMILES string of the molecule is Cc1ccc(N2C[C@H](C)N(C(=O)c3scc4c3OCCO4)CC2=O)cc1. The molecule has 1 aromatic carbocycles. The summed E-state index contributed by atoms with van der Waals surface area (Å²) in [6, 6.07) is 7.76. The van der Waals surface area contributed by atoms with Gasteiger partial charge in [-0.05, 0) is 26.0 Å². The first-order valence-electron chi connectivity index (χ1n) is 8.59. The summed E-state index contributed by atoms with van der Waals surface area (Å²) < 4.78 is 11.1. The molecule has 2 amide bonds. The molecule has 0 spiro atoms. The van der Waals surface area contributed by atoms with Crippen LogP contribution < -0.4 is 14.4 Å². The Kier molecular flexibility index (Phi) is 4.32. The highest BCUT2D eigenvalue weighted by Crippen LogP contribution is 2.40. The van der Waals surface area contributed by atoms with E-state index in [0.717, 1.165) is 11.3 Å². The molecule has 3 heterocycles. The second kappa shape index (κ2) is 6.64. The Balaban J connectivity index is 1.54. The zero-order valence-electron chi connectivity index (χ0n) is 14.7. The lowest BCUT2D eigenvalue weighted by atomic mass is 10.1. The lowest BCUT2D eigenvalue weighted by molar-refractivity contribution is -0.121. The molecule has 0 radical (unpaired) electrons. The summed E-state index contributed by atoms with van der Waals surface area (Å²) in [5, 5.41) is 1.79. The molecule has 1 aromatic heterocycles. The van der Waals surface area contributed by atoms with Gasteiger partial charge in [0.2, 0.25) is 5.91 Å². The number of piperazine rings is 1. The zero-order chi connectivity index (χ0) is 18.3. The van der Waals surface area contributed by atoms with E-state index in [4.69, 9.17) is 9.47 Å². The fourth-order valence-electron chi connectivity index (χ4n) is 3.24. The third kappa shape index (κ3) is 2.92. The van der Waals surface area contributed by atoms with Crippen molar-refractivity contribution in [3.63, 3.8) is 0 Å². The van der Waals surface area contributed by atoms with Gasteiger partial charge in [0.25, 0.3) is 5.91 Å². The maximum atomic E-state index is 13.0. The predicted molar refractivity (Wildman–Crippen MR) is 99.3 cm³/mol. The first-order valence-corrected chi connectivity index (χ1v) is 9.47. The van der Waals surface area contributed by atoms with Crippen molar-refractivity contribution >= 4 is 28.8 Å². The Morgan fingerprint density at radius 3 is 2.69 bits per heavy atom. The fourth-order valence-corrected chi connectivity index (χ4v) is 4.12. The molecule has 0 unspecified atom stereocenters.